The van der Waals surface area contributed by atoms with Gasteiger partial charge in [-0.15, -0.1) is 0 Å². The molecule has 1 saturated heterocycles. The Morgan fingerprint density at radius 1 is 1.38 bits per heavy atom. The molecule has 0 aromatic heterocycles. The number of nitrogens with one attached hydrogen (secondary N) is 1. The number of nitrogens with zero attached hydrogens (tertiary/aromatic N) is 2. The SMILES string of the molecule is CN(C1CCCNCC1)S(=O)(=O)c1ccc(F)c(C#N)c1. The van der Waals surface area contributed by atoms with Crippen LogP contribution in [-0.2, 0) is 10.0 Å². The number of hydrogen-bond donors (Lipinski definition) is 1. The van der Waals surface area contributed by atoms with Gasteiger partial charge in [-0.25, -0.2) is 12.8 Å². The molecule has 7 heteroatoms. The van der Waals surface area contributed by atoms with E-state index in [4.69, 9.17) is 5.26 Å². The highest BCUT2D eigenvalue weighted by molar-refractivity contribution is 7.89. The molecule has 1 aromatic rings. The monoisotopic (exact) mass is 311 g/mol. The molecule has 1 aliphatic heterocycles. The van der Waals surface area contributed by atoms with Crippen LogP contribution in [0.4, 0.5) is 4.39 Å². The predicted octanol–water partition coefficient (Wildman–Crippen LogP) is 1.46. The van der Waals surface area contributed by atoms with Gasteiger partial charge in [-0.05, 0) is 50.6 Å². The van der Waals surface area contributed by atoms with Gasteiger partial charge < -0.3 is 5.32 Å². The van der Waals surface area contributed by atoms with Crippen LogP contribution in [0.3, 0.4) is 0 Å². The standard InChI is InChI=1S/C14H18FN3O2S/c1-18(12-3-2-7-17-8-6-12)21(19,20)13-4-5-14(15)11(9-13)10-16/h4-5,9,12,17H,2-3,6-8H2,1H3. The second-order valence-electron chi connectivity index (χ2n) is 5.11. The summed E-state index contributed by atoms with van der Waals surface area (Å²) in [5.74, 6) is -0.710. The van der Waals surface area contributed by atoms with Crippen LogP contribution in [0.15, 0.2) is 23.1 Å². The molecule has 0 aliphatic carbocycles. The molecule has 1 heterocycles. The third kappa shape index (κ3) is 3.40. The molecule has 0 spiro atoms. The lowest BCUT2D eigenvalue weighted by Gasteiger charge is -2.26. The minimum atomic E-state index is -3.72. The Labute approximate surface area is 124 Å². The lowest BCUT2D eigenvalue weighted by atomic mass is 10.1. The van der Waals surface area contributed by atoms with Crippen LogP contribution in [0, 0.1) is 17.1 Å². The van der Waals surface area contributed by atoms with Crippen LogP contribution in [0.5, 0.6) is 0 Å². The van der Waals surface area contributed by atoms with Gasteiger partial charge in [-0.2, -0.15) is 9.57 Å². The fourth-order valence-corrected chi connectivity index (χ4v) is 3.92. The molecular weight excluding hydrogens is 293 g/mol. The third-order valence-electron chi connectivity index (χ3n) is 3.79. The van der Waals surface area contributed by atoms with Crippen LogP contribution in [0.2, 0.25) is 0 Å². The van der Waals surface area contributed by atoms with E-state index in [0.29, 0.717) is 0 Å². The molecule has 0 amide bonds. The number of rotatable bonds is 3. The first-order valence-corrected chi connectivity index (χ1v) is 8.29. The maximum atomic E-state index is 13.3. The van der Waals surface area contributed by atoms with Gasteiger partial charge in [0.1, 0.15) is 11.9 Å². The largest absolute Gasteiger partial charge is 0.317 e. The van der Waals surface area contributed by atoms with Crippen molar-refractivity contribution in [1.29, 1.82) is 5.26 Å². The van der Waals surface area contributed by atoms with E-state index in [1.54, 1.807) is 13.1 Å². The van der Waals surface area contributed by atoms with Crippen LogP contribution < -0.4 is 5.32 Å². The van der Waals surface area contributed by atoms with Gasteiger partial charge >= 0.3 is 0 Å². The molecule has 114 valence electrons. The van der Waals surface area contributed by atoms with Gasteiger partial charge in [0.05, 0.1) is 10.5 Å². The lowest BCUT2D eigenvalue weighted by molar-refractivity contribution is 0.341. The van der Waals surface area contributed by atoms with E-state index in [-0.39, 0.29) is 16.5 Å². The summed E-state index contributed by atoms with van der Waals surface area (Å²) < 4.78 is 39.9. The number of halogens is 1. The highest BCUT2D eigenvalue weighted by Crippen LogP contribution is 2.23. The Balaban J connectivity index is 2.30. The molecule has 2 rings (SSSR count). The maximum absolute atomic E-state index is 13.3. The topological polar surface area (TPSA) is 73.2 Å². The average molecular weight is 311 g/mol. The quantitative estimate of drug-likeness (QED) is 0.917. The van der Waals surface area contributed by atoms with Gasteiger partial charge in [0.2, 0.25) is 10.0 Å². The summed E-state index contributed by atoms with van der Waals surface area (Å²) in [5.41, 5.74) is -0.257. The van der Waals surface area contributed by atoms with Crippen molar-refractivity contribution in [2.45, 2.75) is 30.2 Å². The Kier molecular flexibility index (Phi) is 4.93. The molecule has 5 nitrogen and oxygen atoms in total. The molecule has 0 bridgehead atoms. The molecule has 1 aliphatic rings. The Hall–Kier alpha value is -1.49. The van der Waals surface area contributed by atoms with Crippen LogP contribution >= 0.6 is 0 Å². The Bertz CT molecular complexity index is 647. The molecule has 1 fully saturated rings. The third-order valence-corrected chi connectivity index (χ3v) is 5.70. The summed E-state index contributed by atoms with van der Waals surface area (Å²) in [7, 11) is -2.17. The fourth-order valence-electron chi connectivity index (χ4n) is 2.48. The summed E-state index contributed by atoms with van der Waals surface area (Å²) >= 11 is 0. The number of nitriles is 1. The van der Waals surface area contributed by atoms with Gasteiger partial charge in [-0.3, -0.25) is 0 Å². The summed E-state index contributed by atoms with van der Waals surface area (Å²) in [5, 5.41) is 12.1. The minimum Gasteiger partial charge on any atom is -0.317 e. The van der Waals surface area contributed by atoms with Crippen molar-refractivity contribution < 1.29 is 12.8 Å². The van der Waals surface area contributed by atoms with Crippen molar-refractivity contribution in [3.05, 3.63) is 29.6 Å². The average Bonchev–Trinajstić information content (AvgIpc) is 2.75. The second-order valence-corrected chi connectivity index (χ2v) is 7.11. The van der Waals surface area contributed by atoms with E-state index in [2.05, 4.69) is 5.32 Å². The zero-order valence-electron chi connectivity index (χ0n) is 11.8. The Morgan fingerprint density at radius 2 is 2.14 bits per heavy atom. The molecular formula is C14H18FN3O2S. The zero-order valence-corrected chi connectivity index (χ0v) is 12.7. The zero-order chi connectivity index (χ0) is 15.5. The van der Waals surface area contributed by atoms with Crippen molar-refractivity contribution in [3.8, 4) is 6.07 Å². The molecule has 0 saturated carbocycles. The van der Waals surface area contributed by atoms with Gasteiger partial charge in [0.25, 0.3) is 0 Å². The van der Waals surface area contributed by atoms with E-state index in [1.807, 2.05) is 0 Å². The van der Waals surface area contributed by atoms with E-state index in [1.165, 1.54) is 10.4 Å². The predicted molar refractivity (Wildman–Crippen MR) is 76.6 cm³/mol. The highest BCUT2D eigenvalue weighted by Gasteiger charge is 2.28. The van der Waals surface area contributed by atoms with E-state index in [9.17, 15) is 12.8 Å². The minimum absolute atomic E-state index is 0.0415. The first kappa shape index (κ1) is 15.9. The molecule has 21 heavy (non-hydrogen) atoms. The van der Waals surface area contributed by atoms with Crippen LogP contribution in [0.25, 0.3) is 0 Å². The normalized spacial score (nSPS) is 20.0. The molecule has 1 unspecified atom stereocenters. The smallest absolute Gasteiger partial charge is 0.243 e. The fraction of sp³-hybridized carbons (Fsp3) is 0.500. The maximum Gasteiger partial charge on any atom is 0.243 e. The summed E-state index contributed by atoms with van der Waals surface area (Å²) in [6.07, 6.45) is 2.44. The van der Waals surface area contributed by atoms with Crippen molar-refractivity contribution >= 4 is 10.0 Å². The number of sulfonamides is 1. The van der Waals surface area contributed by atoms with Crippen molar-refractivity contribution in [2.24, 2.45) is 0 Å². The van der Waals surface area contributed by atoms with Gasteiger partial charge in [-0.1, -0.05) is 0 Å². The molecule has 1 aromatic carbocycles. The summed E-state index contributed by atoms with van der Waals surface area (Å²) in [6, 6.07) is 4.91. The second kappa shape index (κ2) is 6.52. The number of hydrogen-bond acceptors (Lipinski definition) is 4. The van der Waals surface area contributed by atoms with E-state index >= 15 is 0 Å². The van der Waals surface area contributed by atoms with Crippen LogP contribution in [-0.4, -0.2) is 38.9 Å². The Morgan fingerprint density at radius 3 is 2.86 bits per heavy atom. The lowest BCUT2D eigenvalue weighted by Crippen LogP contribution is -2.37. The van der Waals surface area contributed by atoms with Crippen molar-refractivity contribution in [1.82, 2.24) is 9.62 Å². The molecule has 0 radical (unpaired) electrons. The van der Waals surface area contributed by atoms with Crippen molar-refractivity contribution in [3.63, 3.8) is 0 Å². The van der Waals surface area contributed by atoms with Crippen LogP contribution in [0.1, 0.15) is 24.8 Å². The first-order chi connectivity index (χ1) is 9.96. The first-order valence-electron chi connectivity index (χ1n) is 6.85. The molecule has 1 N–H and O–H groups in total. The van der Waals surface area contributed by atoms with Gasteiger partial charge in [0.15, 0.2) is 0 Å². The summed E-state index contributed by atoms with van der Waals surface area (Å²) in [4.78, 5) is -0.0415. The highest BCUT2D eigenvalue weighted by atomic mass is 32.2. The van der Waals surface area contributed by atoms with E-state index in [0.717, 1.165) is 44.5 Å². The summed E-state index contributed by atoms with van der Waals surface area (Å²) in [6.45, 7) is 1.66. The van der Waals surface area contributed by atoms with E-state index < -0.39 is 15.8 Å². The van der Waals surface area contributed by atoms with Crippen molar-refractivity contribution in [2.75, 3.05) is 20.1 Å². The van der Waals surface area contributed by atoms with Gasteiger partial charge in [0, 0.05) is 13.1 Å². The molecule has 1 atom stereocenters. The number of benzene rings is 1.